The van der Waals surface area contributed by atoms with Crippen molar-refractivity contribution in [2.45, 2.75) is 44.7 Å². The minimum absolute atomic E-state index is 0.0208. The average molecular weight is 268 g/mol. The molecule has 18 heavy (non-hydrogen) atoms. The summed E-state index contributed by atoms with van der Waals surface area (Å²) in [4.78, 5) is 21.0. The van der Waals surface area contributed by atoms with Gasteiger partial charge in [0.25, 0.3) is 0 Å². The first-order valence-corrected chi connectivity index (χ1v) is 9.45. The molecular formula is C13H20O4Si. The average Bonchev–Trinajstić information content (AvgIpc) is 2.74. The number of aliphatic hydroxyl groups excluding tert-OH is 1. The zero-order chi connectivity index (χ0) is 13.8. The Bertz CT molecular complexity index is 379. The molecule has 4 nitrogen and oxygen atoms in total. The molecule has 2 atom stereocenters. The summed E-state index contributed by atoms with van der Waals surface area (Å²) in [6.07, 6.45) is 6.77. The van der Waals surface area contributed by atoms with E-state index in [9.17, 15) is 9.59 Å². The Kier molecular flexibility index (Phi) is 5.19. The summed E-state index contributed by atoms with van der Waals surface area (Å²) >= 11 is 0. The van der Waals surface area contributed by atoms with E-state index in [-0.39, 0.29) is 24.1 Å². The Balaban J connectivity index is 0.000000199. The van der Waals surface area contributed by atoms with Gasteiger partial charge in [-0.25, -0.2) is 0 Å². The fourth-order valence-electron chi connectivity index (χ4n) is 1.64. The molecule has 1 N–H and O–H groups in total. The molecule has 2 rings (SSSR count). The van der Waals surface area contributed by atoms with Gasteiger partial charge in [0.15, 0.2) is 19.9 Å². The Morgan fingerprint density at radius 1 is 1.11 bits per heavy atom. The summed E-state index contributed by atoms with van der Waals surface area (Å²) in [5.74, 6) is 0.209. The van der Waals surface area contributed by atoms with Gasteiger partial charge in [0.1, 0.15) is 0 Å². The number of hydrogen-bond donors (Lipinski definition) is 1. The minimum Gasteiger partial charge on any atom is -0.411 e. The largest absolute Gasteiger partial charge is 0.411 e. The molecule has 0 saturated heterocycles. The van der Waals surface area contributed by atoms with Crippen LogP contribution in [0.1, 0.15) is 12.8 Å². The summed E-state index contributed by atoms with van der Waals surface area (Å²) < 4.78 is 5.70. The number of rotatable bonds is 2. The summed E-state index contributed by atoms with van der Waals surface area (Å²) in [6, 6.07) is 0. The normalized spacial score (nSPS) is 26.4. The molecule has 0 bridgehead atoms. The van der Waals surface area contributed by atoms with E-state index in [0.717, 1.165) is 0 Å². The zero-order valence-corrected chi connectivity index (χ0v) is 12.1. The van der Waals surface area contributed by atoms with Gasteiger partial charge in [0.2, 0.25) is 0 Å². The third kappa shape index (κ3) is 6.04. The third-order valence-corrected chi connectivity index (χ3v) is 3.33. The summed E-state index contributed by atoms with van der Waals surface area (Å²) in [7, 11) is -1.46. The van der Waals surface area contributed by atoms with Crippen LogP contribution in [0.15, 0.2) is 24.3 Å². The van der Waals surface area contributed by atoms with E-state index < -0.39 is 14.4 Å². The smallest absolute Gasteiger partial charge is 0.184 e. The highest BCUT2D eigenvalue weighted by atomic mass is 28.4. The molecule has 0 radical (unpaired) electrons. The van der Waals surface area contributed by atoms with Crippen molar-refractivity contribution in [3.05, 3.63) is 24.3 Å². The lowest BCUT2D eigenvalue weighted by molar-refractivity contribution is -0.115. The summed E-state index contributed by atoms with van der Waals surface area (Å²) in [6.45, 7) is 6.39. The van der Waals surface area contributed by atoms with Crippen LogP contribution >= 0.6 is 0 Å². The van der Waals surface area contributed by atoms with E-state index in [1.165, 1.54) is 12.2 Å². The Morgan fingerprint density at radius 2 is 1.67 bits per heavy atom. The second-order valence-electron chi connectivity index (χ2n) is 5.40. The van der Waals surface area contributed by atoms with Gasteiger partial charge < -0.3 is 9.53 Å². The van der Waals surface area contributed by atoms with Crippen molar-refractivity contribution in [3.8, 4) is 0 Å². The van der Waals surface area contributed by atoms with Crippen molar-refractivity contribution >= 4 is 19.9 Å². The van der Waals surface area contributed by atoms with Gasteiger partial charge in [-0.15, -0.1) is 0 Å². The van der Waals surface area contributed by atoms with Crippen LogP contribution in [-0.2, 0) is 14.0 Å². The number of aliphatic hydroxyl groups is 1. The van der Waals surface area contributed by atoms with Crippen molar-refractivity contribution in [1.82, 2.24) is 0 Å². The van der Waals surface area contributed by atoms with E-state index in [4.69, 9.17) is 9.53 Å². The van der Waals surface area contributed by atoms with Crippen molar-refractivity contribution in [2.75, 3.05) is 0 Å². The second-order valence-corrected chi connectivity index (χ2v) is 9.86. The molecule has 2 aliphatic rings. The fourth-order valence-corrected chi connectivity index (χ4v) is 2.71. The molecule has 0 aromatic heterocycles. The molecule has 5 heteroatoms. The van der Waals surface area contributed by atoms with E-state index in [1.807, 2.05) is 6.08 Å². The van der Waals surface area contributed by atoms with Crippen LogP contribution < -0.4 is 0 Å². The highest BCUT2D eigenvalue weighted by Gasteiger charge is 2.23. The van der Waals surface area contributed by atoms with Crippen LogP contribution in [0.25, 0.3) is 0 Å². The fraction of sp³-hybridized carbons (Fsp3) is 0.538. The van der Waals surface area contributed by atoms with Crippen molar-refractivity contribution in [3.63, 3.8) is 0 Å². The van der Waals surface area contributed by atoms with Gasteiger partial charge >= 0.3 is 0 Å². The van der Waals surface area contributed by atoms with Crippen LogP contribution in [0.5, 0.6) is 0 Å². The lowest BCUT2D eigenvalue weighted by atomic mass is 10.3. The van der Waals surface area contributed by atoms with Crippen LogP contribution in [0.3, 0.4) is 0 Å². The Hall–Kier alpha value is -1.04. The minimum atomic E-state index is -1.46. The Morgan fingerprint density at radius 3 is 1.94 bits per heavy atom. The Labute approximate surface area is 108 Å². The molecule has 0 aromatic carbocycles. The first-order valence-electron chi connectivity index (χ1n) is 6.04. The summed E-state index contributed by atoms with van der Waals surface area (Å²) in [5.41, 5.74) is 0. The molecule has 0 aliphatic heterocycles. The molecule has 0 saturated carbocycles. The van der Waals surface area contributed by atoms with Crippen molar-refractivity contribution < 1.29 is 19.1 Å². The first kappa shape index (κ1) is 15.0. The SMILES string of the molecule is C[Si](C)(C)OC1C=CC(=O)C1.O=C1C=CC(O)C1. The molecule has 0 spiro atoms. The maximum Gasteiger partial charge on any atom is 0.184 e. The van der Waals surface area contributed by atoms with Crippen LogP contribution in [0.4, 0.5) is 0 Å². The topological polar surface area (TPSA) is 63.6 Å². The van der Waals surface area contributed by atoms with Crippen LogP contribution in [0.2, 0.25) is 19.6 Å². The van der Waals surface area contributed by atoms with Gasteiger partial charge in [-0.1, -0.05) is 12.2 Å². The second kappa shape index (κ2) is 6.22. The number of carbonyl (C=O) groups is 2. The lowest BCUT2D eigenvalue weighted by Crippen LogP contribution is -2.30. The molecule has 2 unspecified atom stereocenters. The van der Waals surface area contributed by atoms with Crippen molar-refractivity contribution in [2.24, 2.45) is 0 Å². The number of hydrogen-bond acceptors (Lipinski definition) is 4. The van der Waals surface area contributed by atoms with Crippen LogP contribution in [-0.4, -0.2) is 37.2 Å². The molecule has 100 valence electrons. The number of allylic oxidation sites excluding steroid dienone is 2. The molecule has 0 amide bonds. The van der Waals surface area contributed by atoms with E-state index in [1.54, 1.807) is 6.08 Å². The predicted octanol–water partition coefficient (Wildman–Crippen LogP) is 1.61. The standard InChI is InChI=1S/C8H14O2Si.C5H6O2/c1-11(2,3)10-8-5-4-7(9)6-8;6-4-1-2-5(7)3-4/h4-5,8H,6H2,1-3H3;1-2,4,6H,3H2. The summed E-state index contributed by atoms with van der Waals surface area (Å²) in [5, 5.41) is 8.59. The van der Waals surface area contributed by atoms with Gasteiger partial charge in [0, 0.05) is 12.8 Å². The number of ketones is 2. The van der Waals surface area contributed by atoms with Crippen LogP contribution in [0, 0.1) is 0 Å². The highest BCUT2D eigenvalue weighted by molar-refractivity contribution is 6.69. The van der Waals surface area contributed by atoms with Gasteiger partial charge in [-0.2, -0.15) is 0 Å². The van der Waals surface area contributed by atoms with Crippen molar-refractivity contribution in [1.29, 1.82) is 0 Å². The predicted molar refractivity (Wildman–Crippen MR) is 71.8 cm³/mol. The molecule has 0 heterocycles. The van der Waals surface area contributed by atoms with Gasteiger partial charge in [-0.3, -0.25) is 9.59 Å². The molecule has 0 fully saturated rings. The van der Waals surface area contributed by atoms with Gasteiger partial charge in [0.05, 0.1) is 12.2 Å². The zero-order valence-electron chi connectivity index (χ0n) is 11.1. The van der Waals surface area contributed by atoms with E-state index >= 15 is 0 Å². The quantitative estimate of drug-likeness (QED) is 0.773. The lowest BCUT2D eigenvalue weighted by Gasteiger charge is -2.21. The van der Waals surface area contributed by atoms with E-state index in [0.29, 0.717) is 6.42 Å². The maximum absolute atomic E-state index is 10.8. The molecular weight excluding hydrogens is 248 g/mol. The highest BCUT2D eigenvalue weighted by Crippen LogP contribution is 2.15. The number of carbonyl (C=O) groups excluding carboxylic acids is 2. The molecule has 0 aromatic rings. The first-order chi connectivity index (χ1) is 8.26. The van der Waals surface area contributed by atoms with E-state index in [2.05, 4.69) is 19.6 Å². The third-order valence-electron chi connectivity index (χ3n) is 2.32. The monoisotopic (exact) mass is 268 g/mol. The maximum atomic E-state index is 10.8. The molecule has 2 aliphatic carbocycles. The van der Waals surface area contributed by atoms with Gasteiger partial charge in [-0.05, 0) is 31.8 Å².